The van der Waals surface area contributed by atoms with Crippen molar-refractivity contribution in [3.63, 3.8) is 0 Å². The standard InChI is InChI=1S/C26H25ClN4OS2/c1-3-23(25(32)28-22-16-19(27)15-14-18(22)2)34-26-30-29-24(17-33-21-12-8-5-9-13-21)31(26)20-10-6-4-7-11-20/h4-16,23H,3,17H2,1-2H3,(H,28,32). The van der Waals surface area contributed by atoms with Crippen LogP contribution >= 0.6 is 35.1 Å². The van der Waals surface area contributed by atoms with E-state index in [-0.39, 0.29) is 11.2 Å². The van der Waals surface area contributed by atoms with Gasteiger partial charge >= 0.3 is 0 Å². The van der Waals surface area contributed by atoms with Gasteiger partial charge in [-0.15, -0.1) is 22.0 Å². The Labute approximate surface area is 213 Å². The second-order valence-electron chi connectivity index (χ2n) is 7.63. The van der Waals surface area contributed by atoms with Gasteiger partial charge in [0.05, 0.1) is 11.0 Å². The Balaban J connectivity index is 1.57. The molecule has 0 fully saturated rings. The summed E-state index contributed by atoms with van der Waals surface area (Å²) in [5.74, 6) is 1.42. The van der Waals surface area contributed by atoms with Crippen LogP contribution in [0.1, 0.15) is 24.7 Å². The molecule has 174 valence electrons. The fourth-order valence-corrected chi connectivity index (χ4v) is 5.36. The van der Waals surface area contributed by atoms with E-state index in [9.17, 15) is 4.79 Å². The Hall–Kier alpha value is -2.74. The molecule has 1 unspecified atom stereocenters. The molecule has 4 aromatic rings. The third-order valence-electron chi connectivity index (χ3n) is 5.19. The van der Waals surface area contributed by atoms with Gasteiger partial charge in [-0.3, -0.25) is 9.36 Å². The van der Waals surface area contributed by atoms with E-state index in [0.717, 1.165) is 22.8 Å². The highest BCUT2D eigenvalue weighted by atomic mass is 35.5. The van der Waals surface area contributed by atoms with E-state index in [1.54, 1.807) is 17.8 Å². The maximum atomic E-state index is 13.1. The Morgan fingerprint density at radius 1 is 1.03 bits per heavy atom. The molecule has 0 radical (unpaired) electrons. The van der Waals surface area contributed by atoms with E-state index >= 15 is 0 Å². The summed E-state index contributed by atoms with van der Waals surface area (Å²) in [6.45, 7) is 3.94. The fourth-order valence-electron chi connectivity index (χ4n) is 3.36. The van der Waals surface area contributed by atoms with Gasteiger partial charge in [-0.1, -0.05) is 72.8 Å². The zero-order valence-corrected chi connectivity index (χ0v) is 21.3. The molecule has 1 aromatic heterocycles. The largest absolute Gasteiger partial charge is 0.325 e. The van der Waals surface area contributed by atoms with Crippen molar-refractivity contribution < 1.29 is 4.79 Å². The number of nitrogens with zero attached hydrogens (tertiary/aromatic N) is 3. The average Bonchev–Trinajstić information content (AvgIpc) is 3.27. The third kappa shape index (κ3) is 6.03. The first-order valence-electron chi connectivity index (χ1n) is 11.0. The molecule has 0 saturated carbocycles. The average molecular weight is 509 g/mol. The second kappa shape index (κ2) is 11.6. The first-order chi connectivity index (χ1) is 16.5. The highest BCUT2D eigenvalue weighted by molar-refractivity contribution is 8.00. The highest BCUT2D eigenvalue weighted by Gasteiger charge is 2.24. The number of anilines is 1. The molecule has 4 rings (SSSR count). The molecule has 3 aromatic carbocycles. The zero-order valence-electron chi connectivity index (χ0n) is 18.9. The minimum atomic E-state index is -0.334. The predicted octanol–water partition coefficient (Wildman–Crippen LogP) is 7.03. The van der Waals surface area contributed by atoms with Gasteiger partial charge in [0, 0.05) is 21.3 Å². The monoisotopic (exact) mass is 508 g/mol. The Bertz CT molecular complexity index is 1250. The predicted molar refractivity (Wildman–Crippen MR) is 142 cm³/mol. The SMILES string of the molecule is CCC(Sc1nnc(CSc2ccccc2)n1-c1ccccc1)C(=O)Nc1cc(Cl)ccc1C. The van der Waals surface area contributed by atoms with Crippen LogP contribution in [0, 0.1) is 6.92 Å². The Kier molecular flexibility index (Phi) is 8.32. The first-order valence-corrected chi connectivity index (χ1v) is 13.2. The van der Waals surface area contributed by atoms with Crippen molar-refractivity contribution in [3.8, 4) is 5.69 Å². The minimum absolute atomic E-state index is 0.0827. The summed E-state index contributed by atoms with van der Waals surface area (Å²) < 4.78 is 2.04. The molecule has 0 aliphatic carbocycles. The summed E-state index contributed by atoms with van der Waals surface area (Å²) >= 11 is 9.26. The molecule has 0 spiro atoms. The van der Waals surface area contributed by atoms with E-state index in [2.05, 4.69) is 27.6 Å². The number of carbonyl (C=O) groups is 1. The van der Waals surface area contributed by atoms with E-state index in [1.807, 2.05) is 79.1 Å². The number of hydrogen-bond donors (Lipinski definition) is 1. The van der Waals surface area contributed by atoms with Gasteiger partial charge in [0.25, 0.3) is 0 Å². The van der Waals surface area contributed by atoms with E-state index < -0.39 is 0 Å². The molecule has 8 heteroatoms. The number of thioether (sulfide) groups is 2. The van der Waals surface area contributed by atoms with Crippen molar-refractivity contribution in [2.75, 3.05) is 5.32 Å². The quantitative estimate of drug-likeness (QED) is 0.246. The molecule has 0 aliphatic heterocycles. The fraction of sp³-hybridized carbons (Fsp3) is 0.192. The maximum Gasteiger partial charge on any atom is 0.237 e. The highest BCUT2D eigenvalue weighted by Crippen LogP contribution is 2.31. The lowest BCUT2D eigenvalue weighted by Gasteiger charge is -2.17. The number of nitrogens with one attached hydrogen (secondary N) is 1. The van der Waals surface area contributed by atoms with Gasteiger partial charge in [0.1, 0.15) is 5.82 Å². The van der Waals surface area contributed by atoms with Crippen LogP contribution in [0.15, 0.2) is 88.9 Å². The maximum absolute atomic E-state index is 13.1. The van der Waals surface area contributed by atoms with Crippen molar-refractivity contribution in [2.24, 2.45) is 0 Å². The van der Waals surface area contributed by atoms with Crippen molar-refractivity contribution in [1.29, 1.82) is 0 Å². The second-order valence-corrected chi connectivity index (χ2v) is 10.3. The van der Waals surface area contributed by atoms with Gasteiger partial charge in [-0.05, 0) is 55.3 Å². The number of rotatable bonds is 9. The summed E-state index contributed by atoms with van der Waals surface area (Å²) in [6.07, 6.45) is 0.645. The molecule has 0 saturated heterocycles. The van der Waals surface area contributed by atoms with Crippen LogP contribution in [0.5, 0.6) is 0 Å². The van der Waals surface area contributed by atoms with Gasteiger partial charge in [0.15, 0.2) is 5.16 Å². The molecule has 1 N–H and O–H groups in total. The van der Waals surface area contributed by atoms with Crippen molar-refractivity contribution >= 4 is 46.7 Å². The van der Waals surface area contributed by atoms with Crippen molar-refractivity contribution in [1.82, 2.24) is 14.8 Å². The lowest BCUT2D eigenvalue weighted by molar-refractivity contribution is -0.115. The minimum Gasteiger partial charge on any atom is -0.325 e. The van der Waals surface area contributed by atoms with E-state index in [1.165, 1.54) is 16.7 Å². The van der Waals surface area contributed by atoms with Crippen LogP contribution in [-0.4, -0.2) is 25.9 Å². The number of benzene rings is 3. The third-order valence-corrected chi connectivity index (χ3v) is 7.74. The summed E-state index contributed by atoms with van der Waals surface area (Å²) in [5.41, 5.74) is 2.66. The number of aromatic nitrogens is 3. The molecular formula is C26H25ClN4OS2. The molecular weight excluding hydrogens is 484 g/mol. The lowest BCUT2D eigenvalue weighted by Crippen LogP contribution is -2.25. The van der Waals surface area contributed by atoms with Gasteiger partial charge in [-0.25, -0.2) is 0 Å². The number of amides is 1. The number of aryl methyl sites for hydroxylation is 1. The van der Waals surface area contributed by atoms with Crippen LogP contribution in [0.4, 0.5) is 5.69 Å². The van der Waals surface area contributed by atoms with E-state index in [4.69, 9.17) is 11.6 Å². The summed E-state index contributed by atoms with van der Waals surface area (Å²) in [7, 11) is 0. The van der Waals surface area contributed by atoms with Crippen LogP contribution in [0.25, 0.3) is 5.69 Å². The number of hydrogen-bond acceptors (Lipinski definition) is 5. The van der Waals surface area contributed by atoms with Crippen LogP contribution in [-0.2, 0) is 10.5 Å². The molecule has 0 bridgehead atoms. The molecule has 1 amide bonds. The molecule has 34 heavy (non-hydrogen) atoms. The van der Waals surface area contributed by atoms with Gasteiger partial charge in [-0.2, -0.15) is 0 Å². The van der Waals surface area contributed by atoms with Crippen LogP contribution < -0.4 is 5.32 Å². The molecule has 0 aliphatic rings. The molecule has 1 heterocycles. The first kappa shape index (κ1) is 24.4. The smallest absolute Gasteiger partial charge is 0.237 e. The van der Waals surface area contributed by atoms with Gasteiger partial charge < -0.3 is 5.32 Å². The lowest BCUT2D eigenvalue weighted by atomic mass is 10.2. The number of carbonyl (C=O) groups excluding carboxylic acids is 1. The molecule has 1 atom stereocenters. The summed E-state index contributed by atoms with van der Waals surface area (Å²) in [6, 6.07) is 25.7. The normalized spacial score (nSPS) is 11.9. The van der Waals surface area contributed by atoms with Crippen molar-refractivity contribution in [3.05, 3.63) is 95.3 Å². The number of para-hydroxylation sites is 1. The zero-order chi connectivity index (χ0) is 23.9. The van der Waals surface area contributed by atoms with Crippen LogP contribution in [0.2, 0.25) is 5.02 Å². The van der Waals surface area contributed by atoms with Crippen LogP contribution in [0.3, 0.4) is 0 Å². The molecule has 5 nitrogen and oxygen atoms in total. The van der Waals surface area contributed by atoms with Gasteiger partial charge in [0.2, 0.25) is 5.91 Å². The summed E-state index contributed by atoms with van der Waals surface area (Å²) in [5, 5.41) is 12.9. The Morgan fingerprint density at radius 3 is 2.44 bits per heavy atom. The topological polar surface area (TPSA) is 59.8 Å². The summed E-state index contributed by atoms with van der Waals surface area (Å²) in [4.78, 5) is 14.3. The Morgan fingerprint density at radius 2 is 1.74 bits per heavy atom. The van der Waals surface area contributed by atoms with E-state index in [0.29, 0.717) is 22.4 Å². The number of halogens is 1. The van der Waals surface area contributed by atoms with Crippen molar-refractivity contribution in [2.45, 2.75) is 41.3 Å².